The van der Waals surface area contributed by atoms with E-state index >= 15 is 0 Å². The summed E-state index contributed by atoms with van der Waals surface area (Å²) in [6, 6.07) is 5.40. The fraction of sp³-hybridized carbons (Fsp3) is 0.571. The Morgan fingerprint density at radius 1 is 1.18 bits per heavy atom. The number of nitrogens with zero attached hydrogens (tertiary/aromatic N) is 3. The number of aromatic nitrogens is 2. The molecule has 1 aliphatic heterocycles. The standard InChI is InChI=1S/C21H26ClN3O2S/c1-14(19(26)24-11-5-6-12-24)28-21-23-18-13-15(22)9-10-17(18)20(27)25(21)16-7-3-2-4-8-16/h9-10,13-14,16H,2-8,11-12H2,1H3/t14-/m1/s1. The quantitative estimate of drug-likeness (QED) is 0.534. The highest BCUT2D eigenvalue weighted by molar-refractivity contribution is 8.00. The maximum Gasteiger partial charge on any atom is 0.262 e. The normalized spacial score (nSPS) is 19.3. The minimum atomic E-state index is -0.267. The summed E-state index contributed by atoms with van der Waals surface area (Å²) >= 11 is 7.55. The highest BCUT2D eigenvalue weighted by Gasteiger charge is 2.28. The van der Waals surface area contributed by atoms with Gasteiger partial charge >= 0.3 is 0 Å². The van der Waals surface area contributed by atoms with E-state index in [1.165, 1.54) is 18.2 Å². The van der Waals surface area contributed by atoms with E-state index in [-0.39, 0.29) is 22.8 Å². The number of hydrogen-bond acceptors (Lipinski definition) is 4. The molecule has 1 aliphatic carbocycles. The Morgan fingerprint density at radius 2 is 1.89 bits per heavy atom. The van der Waals surface area contributed by atoms with Crippen LogP contribution in [0.15, 0.2) is 28.2 Å². The van der Waals surface area contributed by atoms with Gasteiger partial charge in [0.1, 0.15) is 0 Å². The molecule has 7 heteroatoms. The molecule has 1 saturated carbocycles. The number of thioether (sulfide) groups is 1. The second-order valence-corrected chi connectivity index (χ2v) is 9.56. The third-order valence-corrected chi connectivity index (χ3v) is 7.11. The number of carbonyl (C=O) groups is 1. The van der Waals surface area contributed by atoms with Gasteiger partial charge in [-0.3, -0.25) is 14.2 Å². The Kier molecular flexibility index (Phi) is 5.97. The molecule has 2 fully saturated rings. The molecule has 1 saturated heterocycles. The molecule has 2 aliphatic rings. The zero-order chi connectivity index (χ0) is 19.7. The van der Waals surface area contributed by atoms with Crippen LogP contribution >= 0.6 is 23.4 Å². The summed E-state index contributed by atoms with van der Waals surface area (Å²) < 4.78 is 1.85. The minimum Gasteiger partial charge on any atom is -0.342 e. The van der Waals surface area contributed by atoms with Crippen LogP contribution in [0.5, 0.6) is 0 Å². The van der Waals surface area contributed by atoms with E-state index in [9.17, 15) is 9.59 Å². The molecule has 0 bridgehead atoms. The second-order valence-electron chi connectivity index (χ2n) is 7.82. The summed E-state index contributed by atoms with van der Waals surface area (Å²) in [5, 5.41) is 1.54. The van der Waals surface area contributed by atoms with Gasteiger partial charge in [-0.1, -0.05) is 42.6 Å². The summed E-state index contributed by atoms with van der Waals surface area (Å²) in [5.74, 6) is 0.137. The van der Waals surface area contributed by atoms with Crippen LogP contribution in [0.25, 0.3) is 10.9 Å². The Bertz CT molecular complexity index is 933. The number of likely N-dealkylation sites (tertiary alicyclic amines) is 1. The lowest BCUT2D eigenvalue weighted by Gasteiger charge is -2.27. The molecule has 1 amide bonds. The second kappa shape index (κ2) is 8.46. The van der Waals surface area contributed by atoms with Crippen LogP contribution in [0, 0.1) is 0 Å². The molecular weight excluding hydrogens is 394 g/mol. The van der Waals surface area contributed by atoms with Crippen LogP contribution in [0.3, 0.4) is 0 Å². The zero-order valence-corrected chi connectivity index (χ0v) is 17.8. The predicted molar refractivity (Wildman–Crippen MR) is 114 cm³/mol. The molecule has 28 heavy (non-hydrogen) atoms. The van der Waals surface area contributed by atoms with E-state index in [1.807, 2.05) is 16.4 Å². The largest absolute Gasteiger partial charge is 0.342 e. The average Bonchev–Trinajstić information content (AvgIpc) is 3.22. The molecule has 0 spiro atoms. The number of hydrogen-bond donors (Lipinski definition) is 0. The molecule has 150 valence electrons. The van der Waals surface area contributed by atoms with Gasteiger partial charge in [-0.2, -0.15) is 0 Å². The molecule has 5 nitrogen and oxygen atoms in total. The van der Waals surface area contributed by atoms with Crippen molar-refractivity contribution in [3.05, 3.63) is 33.6 Å². The van der Waals surface area contributed by atoms with E-state index in [2.05, 4.69) is 0 Å². The number of carbonyl (C=O) groups excluding carboxylic acids is 1. The smallest absolute Gasteiger partial charge is 0.262 e. The van der Waals surface area contributed by atoms with Crippen molar-refractivity contribution in [3.8, 4) is 0 Å². The van der Waals surface area contributed by atoms with Gasteiger partial charge in [0.25, 0.3) is 5.56 Å². The third kappa shape index (κ3) is 3.94. The Labute approximate surface area is 174 Å². The number of amides is 1. The summed E-state index contributed by atoms with van der Waals surface area (Å²) in [6.07, 6.45) is 7.59. The maximum absolute atomic E-state index is 13.3. The van der Waals surface area contributed by atoms with Crippen LogP contribution in [0.1, 0.15) is 57.9 Å². The van der Waals surface area contributed by atoms with Crippen LogP contribution < -0.4 is 5.56 Å². The molecule has 2 heterocycles. The molecule has 0 radical (unpaired) electrons. The molecule has 4 rings (SSSR count). The average molecular weight is 420 g/mol. The van der Waals surface area contributed by atoms with Crippen LogP contribution in [0.4, 0.5) is 0 Å². The first kappa shape index (κ1) is 19.8. The van der Waals surface area contributed by atoms with Gasteiger partial charge in [0.05, 0.1) is 16.2 Å². The Morgan fingerprint density at radius 3 is 2.61 bits per heavy atom. The van der Waals surface area contributed by atoms with Gasteiger partial charge in [0.15, 0.2) is 5.16 Å². The summed E-state index contributed by atoms with van der Waals surface area (Å²) in [6.45, 7) is 3.59. The van der Waals surface area contributed by atoms with Gasteiger partial charge in [-0.05, 0) is 50.8 Å². The minimum absolute atomic E-state index is 0.0168. The van der Waals surface area contributed by atoms with Crippen molar-refractivity contribution in [2.24, 2.45) is 0 Å². The van der Waals surface area contributed by atoms with Crippen LogP contribution in [-0.4, -0.2) is 38.7 Å². The summed E-state index contributed by atoms with van der Waals surface area (Å²) in [4.78, 5) is 32.9. The number of benzene rings is 1. The van der Waals surface area contributed by atoms with Gasteiger partial charge < -0.3 is 4.90 Å². The molecule has 2 aromatic rings. The first-order chi connectivity index (χ1) is 13.5. The van der Waals surface area contributed by atoms with E-state index in [1.54, 1.807) is 18.2 Å². The molecule has 0 unspecified atom stereocenters. The number of halogens is 1. The van der Waals surface area contributed by atoms with E-state index in [0.717, 1.165) is 51.6 Å². The fourth-order valence-electron chi connectivity index (χ4n) is 4.30. The number of rotatable bonds is 4. The van der Waals surface area contributed by atoms with Crippen molar-refractivity contribution in [3.63, 3.8) is 0 Å². The third-order valence-electron chi connectivity index (χ3n) is 5.82. The first-order valence-electron chi connectivity index (χ1n) is 10.2. The zero-order valence-electron chi connectivity index (χ0n) is 16.2. The van der Waals surface area contributed by atoms with Gasteiger partial charge in [-0.25, -0.2) is 4.98 Å². The van der Waals surface area contributed by atoms with Crippen molar-refractivity contribution in [1.29, 1.82) is 0 Å². The van der Waals surface area contributed by atoms with Gasteiger partial charge in [0.2, 0.25) is 5.91 Å². The van der Waals surface area contributed by atoms with Crippen LogP contribution in [-0.2, 0) is 4.79 Å². The highest BCUT2D eigenvalue weighted by atomic mass is 35.5. The van der Waals surface area contributed by atoms with Crippen molar-refractivity contribution in [2.75, 3.05) is 13.1 Å². The van der Waals surface area contributed by atoms with Crippen molar-refractivity contribution in [2.45, 2.75) is 68.3 Å². The van der Waals surface area contributed by atoms with Crippen molar-refractivity contribution >= 4 is 40.2 Å². The number of fused-ring (bicyclic) bond motifs is 1. The SMILES string of the molecule is C[C@@H](Sc1nc2cc(Cl)ccc2c(=O)n1C1CCCCC1)C(=O)N1CCCC1. The topological polar surface area (TPSA) is 55.2 Å². The van der Waals surface area contributed by atoms with E-state index in [0.29, 0.717) is 21.1 Å². The Balaban J connectivity index is 1.73. The molecular formula is C21H26ClN3O2S. The van der Waals surface area contributed by atoms with Gasteiger partial charge in [0, 0.05) is 24.2 Å². The highest BCUT2D eigenvalue weighted by Crippen LogP contribution is 2.33. The van der Waals surface area contributed by atoms with Crippen molar-refractivity contribution in [1.82, 2.24) is 14.5 Å². The molecule has 1 aromatic carbocycles. The van der Waals surface area contributed by atoms with Gasteiger partial charge in [-0.15, -0.1) is 0 Å². The summed E-state index contributed by atoms with van der Waals surface area (Å²) in [7, 11) is 0. The Hall–Kier alpha value is -1.53. The predicted octanol–water partition coefficient (Wildman–Crippen LogP) is 4.66. The lowest BCUT2D eigenvalue weighted by Crippen LogP contribution is -2.35. The van der Waals surface area contributed by atoms with E-state index in [4.69, 9.17) is 16.6 Å². The molecule has 1 atom stereocenters. The van der Waals surface area contributed by atoms with Crippen molar-refractivity contribution < 1.29 is 4.79 Å². The monoisotopic (exact) mass is 419 g/mol. The summed E-state index contributed by atoms with van der Waals surface area (Å²) in [5.41, 5.74) is 0.588. The molecule has 0 N–H and O–H groups in total. The lowest BCUT2D eigenvalue weighted by atomic mass is 9.95. The maximum atomic E-state index is 13.3. The van der Waals surface area contributed by atoms with Crippen LogP contribution in [0.2, 0.25) is 5.02 Å². The van der Waals surface area contributed by atoms with E-state index < -0.39 is 0 Å². The molecule has 1 aromatic heterocycles. The fourth-order valence-corrected chi connectivity index (χ4v) is 5.53. The lowest BCUT2D eigenvalue weighted by molar-refractivity contribution is -0.129. The first-order valence-corrected chi connectivity index (χ1v) is 11.5.